The first-order valence-corrected chi connectivity index (χ1v) is 13.4. The van der Waals surface area contributed by atoms with Crippen molar-refractivity contribution in [2.75, 3.05) is 38.1 Å². The van der Waals surface area contributed by atoms with Crippen LogP contribution in [-0.2, 0) is 4.79 Å². The van der Waals surface area contributed by atoms with Crippen molar-refractivity contribution >= 4 is 29.4 Å². The van der Waals surface area contributed by atoms with Gasteiger partial charge in [-0.1, -0.05) is 17.7 Å². The van der Waals surface area contributed by atoms with Crippen molar-refractivity contribution in [2.45, 2.75) is 24.8 Å². The minimum atomic E-state index is -0.663. The standard InChI is InChI=1S/C29H28ClF3N4O3/c1-35(29(39)40-22-6-3-20(31)4-7-22)26-17-37(16-23(26)19-2-8-25(33)24(30)14-19)28(38)18-10-12-36(13-11-18)27-9-5-21(32)15-34-27/h2-9,14-15,18,23,26H,10-13,16-17H2,1H3. The van der Waals surface area contributed by atoms with E-state index in [4.69, 9.17) is 16.3 Å². The van der Waals surface area contributed by atoms with Crippen molar-refractivity contribution in [1.82, 2.24) is 14.8 Å². The average Bonchev–Trinajstić information content (AvgIpc) is 3.41. The Morgan fingerprint density at radius 3 is 2.33 bits per heavy atom. The van der Waals surface area contributed by atoms with Gasteiger partial charge in [0.2, 0.25) is 5.91 Å². The van der Waals surface area contributed by atoms with Crippen molar-refractivity contribution in [3.63, 3.8) is 0 Å². The number of nitrogens with zero attached hydrogens (tertiary/aromatic N) is 4. The van der Waals surface area contributed by atoms with Crippen LogP contribution in [0.5, 0.6) is 5.75 Å². The van der Waals surface area contributed by atoms with Crippen LogP contribution in [0.15, 0.2) is 60.8 Å². The summed E-state index contributed by atoms with van der Waals surface area (Å²) in [6, 6.07) is 12.0. The number of anilines is 1. The molecule has 5 rings (SSSR count). The fourth-order valence-electron chi connectivity index (χ4n) is 5.41. The van der Waals surface area contributed by atoms with E-state index in [1.807, 2.05) is 4.90 Å². The Bertz CT molecular complexity index is 1370. The molecule has 0 radical (unpaired) electrons. The zero-order valence-electron chi connectivity index (χ0n) is 21.8. The summed E-state index contributed by atoms with van der Waals surface area (Å²) in [5.74, 6) is -1.13. The highest BCUT2D eigenvalue weighted by Gasteiger charge is 2.42. The van der Waals surface area contributed by atoms with Crippen molar-refractivity contribution in [2.24, 2.45) is 5.92 Å². The second-order valence-corrected chi connectivity index (χ2v) is 10.5. The molecule has 2 atom stereocenters. The number of carbonyl (C=O) groups is 2. The highest BCUT2D eigenvalue weighted by atomic mass is 35.5. The fourth-order valence-corrected chi connectivity index (χ4v) is 5.60. The van der Waals surface area contributed by atoms with Gasteiger partial charge in [0.1, 0.15) is 29.0 Å². The molecule has 0 bridgehead atoms. The molecule has 2 saturated heterocycles. The Morgan fingerprint density at radius 1 is 0.975 bits per heavy atom. The molecule has 2 fully saturated rings. The van der Waals surface area contributed by atoms with Gasteiger partial charge < -0.3 is 19.4 Å². The largest absolute Gasteiger partial charge is 0.415 e. The zero-order chi connectivity index (χ0) is 28.4. The minimum Gasteiger partial charge on any atom is -0.410 e. The van der Waals surface area contributed by atoms with Gasteiger partial charge in [-0.25, -0.2) is 22.9 Å². The molecule has 7 nitrogen and oxygen atoms in total. The smallest absolute Gasteiger partial charge is 0.410 e. The molecule has 0 aliphatic carbocycles. The number of pyridine rings is 1. The zero-order valence-corrected chi connectivity index (χ0v) is 22.5. The fraction of sp³-hybridized carbons (Fsp3) is 0.345. The number of amides is 2. The molecule has 0 spiro atoms. The summed E-state index contributed by atoms with van der Waals surface area (Å²) in [6.45, 7) is 1.78. The first-order chi connectivity index (χ1) is 19.2. The lowest BCUT2D eigenvalue weighted by atomic mass is 9.93. The number of likely N-dealkylation sites (N-methyl/N-ethyl adjacent to an activating group) is 1. The van der Waals surface area contributed by atoms with E-state index >= 15 is 0 Å². The normalized spacial score (nSPS) is 19.5. The van der Waals surface area contributed by atoms with Crippen molar-refractivity contribution in [3.05, 3.63) is 88.8 Å². The van der Waals surface area contributed by atoms with E-state index in [9.17, 15) is 22.8 Å². The molecule has 210 valence electrons. The summed E-state index contributed by atoms with van der Waals surface area (Å²) < 4.78 is 45.9. The summed E-state index contributed by atoms with van der Waals surface area (Å²) >= 11 is 6.07. The number of likely N-dealkylation sites (tertiary alicyclic amines) is 1. The first kappa shape index (κ1) is 27.8. The quantitative estimate of drug-likeness (QED) is 0.404. The van der Waals surface area contributed by atoms with Gasteiger partial charge >= 0.3 is 6.09 Å². The second-order valence-electron chi connectivity index (χ2n) is 10.1. The number of benzene rings is 2. The van der Waals surface area contributed by atoms with E-state index in [2.05, 4.69) is 4.98 Å². The van der Waals surface area contributed by atoms with Gasteiger partial charge in [-0.15, -0.1) is 0 Å². The lowest BCUT2D eigenvalue weighted by Crippen LogP contribution is -2.45. The Balaban J connectivity index is 1.30. The Hall–Kier alpha value is -3.79. The molecule has 11 heteroatoms. The highest BCUT2D eigenvalue weighted by molar-refractivity contribution is 6.30. The predicted molar refractivity (Wildman–Crippen MR) is 144 cm³/mol. The number of carbonyl (C=O) groups excluding carboxylic acids is 2. The third kappa shape index (κ3) is 6.01. The summed E-state index contributed by atoms with van der Waals surface area (Å²) in [4.78, 5) is 36.0. The van der Waals surface area contributed by atoms with Crippen LogP contribution in [0.4, 0.5) is 23.8 Å². The molecule has 40 heavy (non-hydrogen) atoms. The molecule has 0 N–H and O–H groups in total. The molecule has 2 aliphatic heterocycles. The van der Waals surface area contributed by atoms with Crippen molar-refractivity contribution < 1.29 is 27.5 Å². The predicted octanol–water partition coefficient (Wildman–Crippen LogP) is 5.49. The number of rotatable bonds is 5. The maximum Gasteiger partial charge on any atom is 0.415 e. The first-order valence-electron chi connectivity index (χ1n) is 13.0. The van der Waals surface area contributed by atoms with E-state index in [1.54, 1.807) is 24.1 Å². The molecular formula is C29H28ClF3N4O3. The lowest BCUT2D eigenvalue weighted by molar-refractivity contribution is -0.135. The van der Waals surface area contributed by atoms with Gasteiger partial charge in [0, 0.05) is 45.1 Å². The minimum absolute atomic E-state index is 0.0206. The third-order valence-electron chi connectivity index (χ3n) is 7.66. The average molecular weight is 573 g/mol. The number of halogens is 4. The Kier molecular flexibility index (Phi) is 8.16. The van der Waals surface area contributed by atoms with E-state index in [0.29, 0.717) is 43.9 Å². The number of aromatic nitrogens is 1. The van der Waals surface area contributed by atoms with Crippen LogP contribution in [0, 0.1) is 23.4 Å². The van der Waals surface area contributed by atoms with Crippen molar-refractivity contribution in [3.8, 4) is 5.75 Å². The monoisotopic (exact) mass is 572 g/mol. The number of hydrogen-bond donors (Lipinski definition) is 0. The summed E-state index contributed by atoms with van der Waals surface area (Å²) in [5, 5.41) is -0.0423. The Labute approximate surface area is 235 Å². The second kappa shape index (κ2) is 11.8. The Morgan fingerprint density at radius 2 is 1.68 bits per heavy atom. The van der Waals surface area contributed by atoms with Crippen LogP contribution in [-0.4, -0.2) is 66.1 Å². The van der Waals surface area contributed by atoms with Gasteiger partial charge in [-0.3, -0.25) is 4.79 Å². The van der Waals surface area contributed by atoms with E-state index in [1.165, 1.54) is 53.6 Å². The molecule has 0 saturated carbocycles. The van der Waals surface area contributed by atoms with E-state index in [-0.39, 0.29) is 35.1 Å². The van der Waals surface area contributed by atoms with Crippen LogP contribution in [0.25, 0.3) is 0 Å². The van der Waals surface area contributed by atoms with Gasteiger partial charge in [0.15, 0.2) is 0 Å². The van der Waals surface area contributed by atoms with Crippen LogP contribution in [0.1, 0.15) is 24.3 Å². The highest BCUT2D eigenvalue weighted by Crippen LogP contribution is 2.35. The summed E-state index contributed by atoms with van der Waals surface area (Å²) in [6.07, 6.45) is 1.73. The third-order valence-corrected chi connectivity index (χ3v) is 7.95. The maximum atomic E-state index is 13.9. The molecule has 2 aromatic carbocycles. The van der Waals surface area contributed by atoms with Crippen LogP contribution < -0.4 is 9.64 Å². The molecule has 1 aromatic heterocycles. The molecule has 2 unspecified atom stereocenters. The van der Waals surface area contributed by atoms with Gasteiger partial charge in [-0.05, 0) is 66.9 Å². The summed E-state index contributed by atoms with van der Waals surface area (Å²) in [5.41, 5.74) is 0.699. The van der Waals surface area contributed by atoms with E-state index < -0.39 is 29.6 Å². The van der Waals surface area contributed by atoms with Crippen molar-refractivity contribution in [1.29, 1.82) is 0 Å². The lowest BCUT2D eigenvalue weighted by Gasteiger charge is -2.34. The van der Waals surface area contributed by atoms with Crippen LogP contribution in [0.2, 0.25) is 5.02 Å². The van der Waals surface area contributed by atoms with Gasteiger partial charge in [0.25, 0.3) is 0 Å². The van der Waals surface area contributed by atoms with Crippen LogP contribution in [0.3, 0.4) is 0 Å². The molecular weight excluding hydrogens is 545 g/mol. The SMILES string of the molecule is CN(C(=O)Oc1ccc(F)cc1)C1CN(C(=O)C2CCN(c3ccc(F)cn3)CC2)CC1c1ccc(F)c(Cl)c1. The van der Waals surface area contributed by atoms with E-state index in [0.717, 1.165) is 0 Å². The maximum absolute atomic E-state index is 13.9. The molecule has 3 aromatic rings. The number of hydrogen-bond acceptors (Lipinski definition) is 5. The van der Waals surface area contributed by atoms with Gasteiger partial charge in [-0.2, -0.15) is 0 Å². The van der Waals surface area contributed by atoms with Crippen LogP contribution >= 0.6 is 11.6 Å². The molecule has 2 aliphatic rings. The molecule has 3 heterocycles. The topological polar surface area (TPSA) is 66.0 Å². The number of piperidine rings is 1. The van der Waals surface area contributed by atoms with Gasteiger partial charge in [0.05, 0.1) is 17.3 Å². The molecule has 2 amide bonds. The summed E-state index contributed by atoms with van der Waals surface area (Å²) in [7, 11) is 1.58. The number of ether oxygens (including phenoxy) is 1.